The fraction of sp³-hybridized carbons (Fsp3) is 0.381. The molecule has 0 aliphatic heterocycles. The Balaban J connectivity index is 2.55. The number of benzene rings is 2. The number of methoxy groups -OCH3 is 1. The molecule has 0 amide bonds. The van der Waals surface area contributed by atoms with Gasteiger partial charge >= 0.3 is 5.97 Å². The molecule has 2 aromatic carbocycles. The Bertz CT molecular complexity index is 895. The summed E-state index contributed by atoms with van der Waals surface area (Å²) < 4.78 is 37.1. The van der Waals surface area contributed by atoms with Crippen LogP contribution in [0, 0.1) is 0 Å². The normalized spacial score (nSPS) is 11.1. The number of unbranched alkanes of at least 4 members (excludes halogenated alkanes) is 1. The Morgan fingerprint density at radius 1 is 1.14 bits per heavy atom. The molecule has 0 aliphatic carbocycles. The summed E-state index contributed by atoms with van der Waals surface area (Å²) >= 11 is 0. The van der Waals surface area contributed by atoms with Gasteiger partial charge in [-0.25, -0.2) is 8.42 Å². The highest BCUT2D eigenvalue weighted by Crippen LogP contribution is 2.39. The topological polar surface area (TPSA) is 81.7 Å². The molecule has 0 atom stereocenters. The SMILES string of the molecule is CCCCOc1c(NS(C)(=O)=O)cc(CCC(=O)OC)cc1-c1ccccc1. The summed E-state index contributed by atoms with van der Waals surface area (Å²) in [7, 11) is -2.16. The largest absolute Gasteiger partial charge is 0.491 e. The number of sulfonamides is 1. The summed E-state index contributed by atoms with van der Waals surface area (Å²) in [4.78, 5) is 11.5. The molecule has 1 N–H and O–H groups in total. The van der Waals surface area contributed by atoms with Crippen molar-refractivity contribution in [2.24, 2.45) is 0 Å². The smallest absolute Gasteiger partial charge is 0.305 e. The molecule has 2 aromatic rings. The van der Waals surface area contributed by atoms with Gasteiger partial charge in [0.05, 0.1) is 25.7 Å². The third kappa shape index (κ3) is 6.56. The van der Waals surface area contributed by atoms with Gasteiger partial charge in [0.25, 0.3) is 0 Å². The van der Waals surface area contributed by atoms with E-state index < -0.39 is 10.0 Å². The zero-order valence-electron chi connectivity index (χ0n) is 16.5. The van der Waals surface area contributed by atoms with Crippen molar-refractivity contribution in [3.63, 3.8) is 0 Å². The van der Waals surface area contributed by atoms with Gasteiger partial charge in [0.2, 0.25) is 10.0 Å². The predicted octanol–water partition coefficient (Wildman–Crippen LogP) is 4.01. The second-order valence-electron chi connectivity index (χ2n) is 6.54. The van der Waals surface area contributed by atoms with Crippen LogP contribution >= 0.6 is 0 Å². The Kier molecular flexibility index (Phi) is 7.87. The maximum atomic E-state index is 11.9. The predicted molar refractivity (Wildman–Crippen MR) is 111 cm³/mol. The third-order valence-corrected chi connectivity index (χ3v) is 4.71. The zero-order valence-corrected chi connectivity index (χ0v) is 17.3. The first-order valence-electron chi connectivity index (χ1n) is 9.23. The number of carbonyl (C=O) groups is 1. The van der Waals surface area contributed by atoms with Crippen molar-refractivity contribution < 1.29 is 22.7 Å². The minimum Gasteiger partial charge on any atom is -0.491 e. The molecule has 0 radical (unpaired) electrons. The fourth-order valence-corrected chi connectivity index (χ4v) is 3.31. The highest BCUT2D eigenvalue weighted by atomic mass is 32.2. The van der Waals surface area contributed by atoms with Crippen LogP contribution in [-0.2, 0) is 26.0 Å². The van der Waals surface area contributed by atoms with E-state index in [1.54, 1.807) is 6.07 Å². The van der Waals surface area contributed by atoms with Crippen molar-refractivity contribution in [1.82, 2.24) is 0 Å². The van der Waals surface area contributed by atoms with Crippen LogP contribution in [0.1, 0.15) is 31.7 Å². The summed E-state index contributed by atoms with van der Waals surface area (Å²) in [5, 5.41) is 0. The molecule has 0 saturated heterocycles. The molecule has 6 nitrogen and oxygen atoms in total. The molecule has 0 saturated carbocycles. The molecule has 0 spiro atoms. The number of esters is 1. The van der Waals surface area contributed by atoms with E-state index >= 15 is 0 Å². The van der Waals surface area contributed by atoms with Crippen LogP contribution in [0.25, 0.3) is 11.1 Å². The molecule has 0 unspecified atom stereocenters. The van der Waals surface area contributed by atoms with Crippen LogP contribution in [0.15, 0.2) is 42.5 Å². The van der Waals surface area contributed by atoms with E-state index in [0.29, 0.717) is 24.5 Å². The van der Waals surface area contributed by atoms with E-state index in [1.807, 2.05) is 36.4 Å². The van der Waals surface area contributed by atoms with Gasteiger partial charge < -0.3 is 9.47 Å². The molecule has 28 heavy (non-hydrogen) atoms. The lowest BCUT2D eigenvalue weighted by Crippen LogP contribution is -2.12. The number of rotatable bonds is 10. The van der Waals surface area contributed by atoms with Crippen molar-refractivity contribution in [2.75, 3.05) is 24.7 Å². The highest BCUT2D eigenvalue weighted by Gasteiger charge is 2.17. The molecule has 152 valence electrons. The van der Waals surface area contributed by atoms with Gasteiger partial charge in [-0.2, -0.15) is 0 Å². The van der Waals surface area contributed by atoms with Crippen LogP contribution in [-0.4, -0.2) is 34.4 Å². The molecule has 2 rings (SSSR count). The molecule has 0 fully saturated rings. The van der Waals surface area contributed by atoms with Crippen molar-refractivity contribution in [3.05, 3.63) is 48.0 Å². The summed E-state index contributed by atoms with van der Waals surface area (Å²) in [6.45, 7) is 2.54. The average Bonchev–Trinajstić information content (AvgIpc) is 2.66. The van der Waals surface area contributed by atoms with E-state index in [2.05, 4.69) is 11.6 Å². The molecule has 0 bridgehead atoms. The van der Waals surface area contributed by atoms with Crippen molar-refractivity contribution in [2.45, 2.75) is 32.6 Å². The van der Waals surface area contributed by atoms with Gasteiger partial charge in [0, 0.05) is 12.0 Å². The van der Waals surface area contributed by atoms with Crippen molar-refractivity contribution >= 4 is 21.7 Å². The Hall–Kier alpha value is -2.54. The molecule has 0 aromatic heterocycles. The Morgan fingerprint density at radius 3 is 2.46 bits per heavy atom. The molecular formula is C21H27NO5S. The van der Waals surface area contributed by atoms with Crippen LogP contribution in [0.3, 0.4) is 0 Å². The van der Waals surface area contributed by atoms with E-state index in [9.17, 15) is 13.2 Å². The van der Waals surface area contributed by atoms with Gasteiger partial charge in [-0.15, -0.1) is 0 Å². The molecular weight excluding hydrogens is 378 g/mol. The third-order valence-electron chi connectivity index (χ3n) is 4.12. The summed E-state index contributed by atoms with van der Waals surface area (Å²) in [5.41, 5.74) is 2.88. The minimum atomic E-state index is -3.50. The highest BCUT2D eigenvalue weighted by molar-refractivity contribution is 7.92. The van der Waals surface area contributed by atoms with Crippen molar-refractivity contribution in [3.8, 4) is 16.9 Å². The van der Waals surface area contributed by atoms with Gasteiger partial charge in [-0.05, 0) is 36.1 Å². The lowest BCUT2D eigenvalue weighted by atomic mass is 9.98. The van der Waals surface area contributed by atoms with E-state index in [0.717, 1.165) is 35.8 Å². The van der Waals surface area contributed by atoms with Gasteiger partial charge in [0.1, 0.15) is 0 Å². The summed E-state index contributed by atoms with van der Waals surface area (Å²) in [6.07, 6.45) is 3.56. The number of carbonyl (C=O) groups excluding carboxylic acids is 1. The second-order valence-corrected chi connectivity index (χ2v) is 8.29. The van der Waals surface area contributed by atoms with Gasteiger partial charge in [-0.1, -0.05) is 43.7 Å². The lowest BCUT2D eigenvalue weighted by Gasteiger charge is -2.19. The van der Waals surface area contributed by atoms with E-state index in [1.165, 1.54) is 7.11 Å². The first-order chi connectivity index (χ1) is 13.3. The fourth-order valence-electron chi connectivity index (χ4n) is 2.76. The first-order valence-corrected chi connectivity index (χ1v) is 11.1. The monoisotopic (exact) mass is 405 g/mol. The minimum absolute atomic E-state index is 0.207. The quantitative estimate of drug-likeness (QED) is 0.477. The number of aryl methyl sites for hydroxylation is 1. The number of nitrogens with one attached hydrogen (secondary N) is 1. The van der Waals surface area contributed by atoms with Crippen molar-refractivity contribution in [1.29, 1.82) is 0 Å². The van der Waals surface area contributed by atoms with Crippen LogP contribution < -0.4 is 9.46 Å². The van der Waals surface area contributed by atoms with Gasteiger partial charge in [0.15, 0.2) is 5.75 Å². The van der Waals surface area contributed by atoms with E-state index in [-0.39, 0.29) is 12.4 Å². The van der Waals surface area contributed by atoms with E-state index in [4.69, 9.17) is 9.47 Å². The average molecular weight is 406 g/mol. The molecule has 0 heterocycles. The summed E-state index contributed by atoms with van der Waals surface area (Å²) in [5.74, 6) is 0.175. The van der Waals surface area contributed by atoms with Crippen LogP contribution in [0.4, 0.5) is 5.69 Å². The second kappa shape index (κ2) is 10.1. The first kappa shape index (κ1) is 21.8. The number of hydrogen-bond acceptors (Lipinski definition) is 5. The number of ether oxygens (including phenoxy) is 2. The van der Waals surface area contributed by atoms with Crippen LogP contribution in [0.2, 0.25) is 0 Å². The maximum Gasteiger partial charge on any atom is 0.305 e. The number of hydrogen-bond donors (Lipinski definition) is 1. The van der Waals surface area contributed by atoms with Gasteiger partial charge in [-0.3, -0.25) is 9.52 Å². The zero-order chi connectivity index (χ0) is 20.6. The summed E-state index contributed by atoms with van der Waals surface area (Å²) in [6, 6.07) is 13.3. The Morgan fingerprint density at radius 2 is 1.86 bits per heavy atom. The van der Waals surface area contributed by atoms with Crippen LogP contribution in [0.5, 0.6) is 5.75 Å². The Labute approximate surface area is 166 Å². The molecule has 7 heteroatoms. The standard InChI is InChI=1S/C21H27NO5S/c1-4-5-13-27-21-18(17-9-7-6-8-10-17)14-16(11-12-20(23)26-2)15-19(21)22-28(3,24)25/h6-10,14-15,22H,4-5,11-13H2,1-3H3. The molecule has 0 aliphatic rings. The number of anilines is 1. The lowest BCUT2D eigenvalue weighted by molar-refractivity contribution is -0.140. The maximum absolute atomic E-state index is 11.9.